The molecule has 7 nitrogen and oxygen atoms in total. The molecule has 0 aliphatic carbocycles. The van der Waals surface area contributed by atoms with Gasteiger partial charge >= 0.3 is 6.09 Å². The van der Waals surface area contributed by atoms with E-state index in [-0.39, 0.29) is 29.9 Å². The number of ether oxygens (including phenoxy) is 1. The molecular weight excluding hydrogens is 332 g/mol. The number of rotatable bonds is 3. The summed E-state index contributed by atoms with van der Waals surface area (Å²) < 4.78 is 5.57. The third kappa shape index (κ3) is 4.86. The van der Waals surface area contributed by atoms with E-state index in [0.29, 0.717) is 18.7 Å². The van der Waals surface area contributed by atoms with Crippen LogP contribution in [0.2, 0.25) is 0 Å². The molecule has 2 aliphatic rings. The normalized spacial score (nSPS) is 24.3. The Morgan fingerprint density at radius 3 is 2.27 bits per heavy atom. The molecule has 2 rings (SSSR count). The van der Waals surface area contributed by atoms with Crippen molar-refractivity contribution in [3.63, 3.8) is 0 Å². The zero-order valence-electron chi connectivity index (χ0n) is 16.2. The highest BCUT2D eigenvalue weighted by Crippen LogP contribution is 2.31. The van der Waals surface area contributed by atoms with E-state index in [1.54, 1.807) is 19.1 Å². The van der Waals surface area contributed by atoms with Crippen molar-refractivity contribution in [3.05, 3.63) is 23.5 Å². The maximum atomic E-state index is 12.7. The number of hydrogen-bond donors (Lipinski definition) is 1. The predicted molar refractivity (Wildman–Crippen MR) is 102 cm³/mol. The smallest absolute Gasteiger partial charge is 0.410 e. The minimum absolute atomic E-state index is 0.00422. The van der Waals surface area contributed by atoms with Gasteiger partial charge in [0.1, 0.15) is 11.4 Å². The lowest BCUT2D eigenvalue weighted by Gasteiger charge is -2.49. The topological polar surface area (TPSA) is 88.2 Å². The molecule has 2 fully saturated rings. The molecule has 2 bridgehead atoms. The third-order valence-electron chi connectivity index (χ3n) is 4.64. The van der Waals surface area contributed by atoms with Gasteiger partial charge in [0.05, 0.1) is 12.1 Å². The van der Waals surface area contributed by atoms with Crippen LogP contribution in [-0.4, -0.2) is 59.3 Å². The van der Waals surface area contributed by atoms with Gasteiger partial charge in [0.25, 0.3) is 0 Å². The second-order valence-electron chi connectivity index (χ2n) is 7.94. The van der Waals surface area contributed by atoms with Gasteiger partial charge in [0.2, 0.25) is 5.91 Å². The molecule has 0 aromatic carbocycles. The van der Waals surface area contributed by atoms with Crippen LogP contribution in [-0.2, 0) is 9.53 Å². The Balaban J connectivity index is 2.10. The summed E-state index contributed by atoms with van der Waals surface area (Å²) in [5, 5.41) is 0. The molecule has 7 heteroatoms. The van der Waals surface area contributed by atoms with Crippen LogP contribution in [0.4, 0.5) is 4.79 Å². The fourth-order valence-electron chi connectivity index (χ4n) is 3.47. The second kappa shape index (κ2) is 7.93. The molecule has 26 heavy (non-hydrogen) atoms. The number of amides is 2. The van der Waals surface area contributed by atoms with Gasteiger partial charge in [-0.2, -0.15) is 0 Å². The van der Waals surface area contributed by atoms with Crippen LogP contribution in [0, 0.1) is 0 Å². The molecule has 2 aliphatic heterocycles. The van der Waals surface area contributed by atoms with Crippen LogP contribution in [0.3, 0.4) is 0 Å². The van der Waals surface area contributed by atoms with E-state index in [9.17, 15) is 9.59 Å². The maximum absolute atomic E-state index is 12.7. The summed E-state index contributed by atoms with van der Waals surface area (Å²) in [5.74, 6) is 0.225. The van der Waals surface area contributed by atoms with Gasteiger partial charge in [-0.1, -0.05) is 6.08 Å². The average Bonchev–Trinajstić information content (AvgIpc) is 2.55. The van der Waals surface area contributed by atoms with Crippen LogP contribution in [0.5, 0.6) is 0 Å². The summed E-state index contributed by atoms with van der Waals surface area (Å²) in [4.78, 5) is 32.6. The van der Waals surface area contributed by atoms with Crippen molar-refractivity contribution in [1.29, 1.82) is 0 Å². The summed E-state index contributed by atoms with van der Waals surface area (Å²) in [5.41, 5.74) is 5.64. The van der Waals surface area contributed by atoms with E-state index in [2.05, 4.69) is 11.7 Å². The van der Waals surface area contributed by atoms with Gasteiger partial charge in [0.15, 0.2) is 0 Å². The van der Waals surface area contributed by atoms with E-state index < -0.39 is 5.60 Å². The number of hydrogen-bond acceptors (Lipinski definition) is 5. The molecule has 2 saturated heterocycles. The first-order valence-corrected chi connectivity index (χ1v) is 9.03. The van der Waals surface area contributed by atoms with Gasteiger partial charge in [0, 0.05) is 18.7 Å². The van der Waals surface area contributed by atoms with Gasteiger partial charge < -0.3 is 15.4 Å². The molecule has 0 spiro atoms. The van der Waals surface area contributed by atoms with Crippen molar-refractivity contribution in [2.24, 2.45) is 10.7 Å². The first kappa shape index (κ1) is 20.0. The number of allylic oxidation sites excluding steroid dienone is 2. The number of nitrogens with zero attached hydrogens (tertiary/aromatic N) is 3. The molecule has 2 heterocycles. The fraction of sp³-hybridized carbons (Fsp3) is 0.632. The highest BCUT2D eigenvalue weighted by atomic mass is 16.6. The quantitative estimate of drug-likeness (QED) is 0.474. The lowest BCUT2D eigenvalue weighted by molar-refractivity contribution is -0.133. The van der Waals surface area contributed by atoms with E-state index in [4.69, 9.17) is 10.5 Å². The SMILES string of the molecule is C=N/C(N)=C\C=C(/C)C(=O)N1CC2CCCC(C1)N2C(=O)OC(C)(C)C. The van der Waals surface area contributed by atoms with Gasteiger partial charge in [-0.05, 0) is 59.8 Å². The van der Waals surface area contributed by atoms with Crippen molar-refractivity contribution < 1.29 is 14.3 Å². The van der Waals surface area contributed by atoms with Crippen LogP contribution in [0.15, 0.2) is 28.5 Å². The lowest BCUT2D eigenvalue weighted by atomic mass is 9.91. The second-order valence-corrected chi connectivity index (χ2v) is 7.94. The standard InChI is InChI=1S/C19H30N4O3/c1-13(9-10-16(20)21-5)17(24)22-11-14-7-6-8-15(12-22)23(14)18(25)26-19(2,3)4/h9-10,14-15H,5-8,11-12,20H2,1-4H3/b13-9+,16-10-. The Morgan fingerprint density at radius 1 is 1.19 bits per heavy atom. The van der Waals surface area contributed by atoms with Gasteiger partial charge in [-0.3, -0.25) is 9.69 Å². The average molecular weight is 362 g/mol. The van der Waals surface area contributed by atoms with E-state index in [1.165, 1.54) is 0 Å². The number of likely N-dealkylation sites (tertiary alicyclic amines) is 1. The van der Waals surface area contributed by atoms with Crippen molar-refractivity contribution in [1.82, 2.24) is 9.80 Å². The Morgan fingerprint density at radius 2 is 1.77 bits per heavy atom. The van der Waals surface area contributed by atoms with Gasteiger partial charge in [-0.25, -0.2) is 9.79 Å². The molecule has 0 saturated carbocycles. The monoisotopic (exact) mass is 362 g/mol. The largest absolute Gasteiger partial charge is 0.444 e. The number of fused-ring (bicyclic) bond motifs is 2. The minimum atomic E-state index is -0.525. The summed E-state index contributed by atoms with van der Waals surface area (Å²) in [6, 6.07) is 0.00843. The summed E-state index contributed by atoms with van der Waals surface area (Å²) in [6.45, 7) is 11.8. The summed E-state index contributed by atoms with van der Waals surface area (Å²) in [7, 11) is 0. The molecule has 2 atom stereocenters. The Labute approximate surface area is 155 Å². The van der Waals surface area contributed by atoms with E-state index in [0.717, 1.165) is 19.3 Å². The Bertz CT molecular complexity index is 619. The molecule has 0 aromatic heterocycles. The van der Waals surface area contributed by atoms with Crippen molar-refractivity contribution in [3.8, 4) is 0 Å². The number of aliphatic imine (C=N–C) groups is 1. The molecule has 0 aromatic rings. The zero-order chi connectivity index (χ0) is 19.5. The predicted octanol–water partition coefficient (Wildman–Crippen LogP) is 2.43. The molecule has 2 unspecified atom stereocenters. The van der Waals surface area contributed by atoms with Crippen LogP contribution < -0.4 is 5.73 Å². The highest BCUT2D eigenvalue weighted by Gasteiger charge is 2.43. The van der Waals surface area contributed by atoms with Crippen LogP contribution in [0.25, 0.3) is 0 Å². The number of carbonyl (C=O) groups is 2. The van der Waals surface area contributed by atoms with Crippen molar-refractivity contribution in [2.45, 2.75) is 64.6 Å². The molecule has 0 radical (unpaired) electrons. The van der Waals surface area contributed by atoms with Crippen molar-refractivity contribution >= 4 is 18.7 Å². The maximum Gasteiger partial charge on any atom is 0.410 e. The van der Waals surface area contributed by atoms with Crippen molar-refractivity contribution in [2.75, 3.05) is 13.1 Å². The fourth-order valence-corrected chi connectivity index (χ4v) is 3.47. The first-order chi connectivity index (χ1) is 12.1. The number of piperazine rings is 1. The van der Waals surface area contributed by atoms with Crippen LogP contribution >= 0.6 is 0 Å². The number of piperidine rings is 1. The Hall–Kier alpha value is -2.31. The molecule has 144 valence electrons. The van der Waals surface area contributed by atoms with Gasteiger partial charge in [-0.15, -0.1) is 0 Å². The zero-order valence-corrected chi connectivity index (χ0v) is 16.2. The summed E-state index contributed by atoms with van der Waals surface area (Å²) in [6.07, 6.45) is 5.78. The first-order valence-electron chi connectivity index (χ1n) is 9.03. The number of carbonyl (C=O) groups excluding carboxylic acids is 2. The minimum Gasteiger partial charge on any atom is -0.444 e. The number of nitrogens with two attached hydrogens (primary N) is 1. The summed E-state index contributed by atoms with van der Waals surface area (Å²) >= 11 is 0. The molecule has 2 amide bonds. The van der Waals surface area contributed by atoms with E-state index in [1.807, 2.05) is 30.6 Å². The third-order valence-corrected chi connectivity index (χ3v) is 4.64. The molecular formula is C19H30N4O3. The lowest BCUT2D eigenvalue weighted by Crippen LogP contribution is -2.64. The molecule has 2 N–H and O–H groups in total. The Kier molecular flexibility index (Phi) is 6.10. The van der Waals surface area contributed by atoms with Crippen LogP contribution in [0.1, 0.15) is 47.0 Å². The van der Waals surface area contributed by atoms with E-state index >= 15 is 0 Å². The highest BCUT2D eigenvalue weighted by molar-refractivity contribution is 5.93.